The van der Waals surface area contributed by atoms with Gasteiger partial charge in [0.1, 0.15) is 0 Å². The average Bonchev–Trinajstić information content (AvgIpc) is 2.56. The van der Waals surface area contributed by atoms with E-state index in [0.29, 0.717) is 11.5 Å². The molecule has 3 unspecified atom stereocenters. The van der Waals surface area contributed by atoms with Crippen LogP contribution in [0.15, 0.2) is 12.8 Å². The van der Waals surface area contributed by atoms with Crippen LogP contribution in [0.3, 0.4) is 0 Å². The fourth-order valence-electron chi connectivity index (χ4n) is 1.56. The van der Waals surface area contributed by atoms with Gasteiger partial charge in [0.15, 0.2) is 9.84 Å². The summed E-state index contributed by atoms with van der Waals surface area (Å²) in [6.07, 6.45) is -0.811. The van der Waals surface area contributed by atoms with Crippen molar-refractivity contribution in [3.05, 3.63) is 12.8 Å². The van der Waals surface area contributed by atoms with Crippen molar-refractivity contribution in [3.8, 4) is 0 Å². The molecule has 0 aliphatic heterocycles. The van der Waals surface area contributed by atoms with Crippen molar-refractivity contribution in [2.75, 3.05) is 48.2 Å². The lowest BCUT2D eigenvalue weighted by Gasteiger charge is -2.18. The number of aliphatic hydroxyl groups is 2. The summed E-state index contributed by atoms with van der Waals surface area (Å²) in [5.41, 5.74) is 0. The zero-order valence-corrected chi connectivity index (χ0v) is 17.1. The van der Waals surface area contributed by atoms with E-state index in [1.54, 1.807) is 6.92 Å². The van der Waals surface area contributed by atoms with Crippen LogP contribution in [0.5, 0.6) is 0 Å². The first kappa shape index (κ1) is 24.7. The zero-order chi connectivity index (χ0) is 19.3. The van der Waals surface area contributed by atoms with Gasteiger partial charge in [-0.3, -0.25) is 4.79 Å². The topological polar surface area (TPSA) is 110 Å². The summed E-state index contributed by atoms with van der Waals surface area (Å²) >= 11 is 2.62. The summed E-state index contributed by atoms with van der Waals surface area (Å²) in [7, 11) is -1.70. The Morgan fingerprint density at radius 1 is 1.16 bits per heavy atom. The minimum atomic E-state index is -3.14. The van der Waals surface area contributed by atoms with Crippen molar-refractivity contribution in [2.45, 2.75) is 19.1 Å². The summed E-state index contributed by atoms with van der Waals surface area (Å²) in [5.74, 6) is 0.617. The van der Waals surface area contributed by atoms with E-state index < -0.39 is 22.0 Å². The summed E-state index contributed by atoms with van der Waals surface area (Å²) < 4.78 is 32.7. The predicted molar refractivity (Wildman–Crippen MR) is 103 cm³/mol. The van der Waals surface area contributed by atoms with Crippen LogP contribution in [0.1, 0.15) is 6.92 Å². The van der Waals surface area contributed by atoms with Crippen molar-refractivity contribution in [1.29, 1.82) is 0 Å². The second-order valence-corrected chi connectivity index (χ2v) is 9.92. The Hall–Kier alpha value is -0.260. The van der Waals surface area contributed by atoms with Gasteiger partial charge in [0.25, 0.3) is 0 Å². The maximum atomic E-state index is 11.6. The minimum Gasteiger partial charge on any atom is -0.435 e. The first-order valence-electron chi connectivity index (χ1n) is 7.76. The van der Waals surface area contributed by atoms with Crippen LogP contribution in [0, 0.1) is 5.92 Å². The summed E-state index contributed by atoms with van der Waals surface area (Å²) in [6, 6.07) is 0. The molecule has 0 saturated carbocycles. The predicted octanol–water partition coefficient (Wildman–Crippen LogP) is 0.559. The van der Waals surface area contributed by atoms with E-state index in [1.165, 1.54) is 30.6 Å². The number of carbonyl (C=O) groups excluding carboxylic acids is 1. The number of methoxy groups -OCH3 is 1. The van der Waals surface area contributed by atoms with Gasteiger partial charge in [0, 0.05) is 30.1 Å². The molecule has 0 spiro atoms. The molecule has 0 heterocycles. The van der Waals surface area contributed by atoms with Crippen LogP contribution >= 0.6 is 23.5 Å². The highest BCUT2D eigenvalue weighted by atomic mass is 32.2. The molecule has 25 heavy (non-hydrogen) atoms. The van der Waals surface area contributed by atoms with Crippen LogP contribution in [0.4, 0.5) is 0 Å². The van der Waals surface area contributed by atoms with E-state index >= 15 is 0 Å². The molecule has 0 aromatic heterocycles. The third-order valence-corrected chi connectivity index (χ3v) is 7.38. The molecule has 7 nitrogen and oxygen atoms in total. The van der Waals surface area contributed by atoms with Crippen LogP contribution in [0.25, 0.3) is 0 Å². The van der Waals surface area contributed by atoms with Crippen molar-refractivity contribution in [3.63, 3.8) is 0 Å². The Bertz CT molecular complexity index is 482. The van der Waals surface area contributed by atoms with Gasteiger partial charge in [0.05, 0.1) is 42.5 Å². The highest BCUT2D eigenvalue weighted by Gasteiger charge is 2.19. The van der Waals surface area contributed by atoms with E-state index in [4.69, 9.17) is 4.74 Å². The Morgan fingerprint density at radius 2 is 1.76 bits per heavy atom. The van der Waals surface area contributed by atoms with Gasteiger partial charge >= 0.3 is 5.97 Å². The van der Waals surface area contributed by atoms with Crippen molar-refractivity contribution in [1.82, 2.24) is 0 Å². The lowest BCUT2D eigenvalue weighted by atomic mass is 10.2. The van der Waals surface area contributed by atoms with E-state index in [9.17, 15) is 23.4 Å². The first-order valence-corrected chi connectivity index (χ1v) is 11.9. The number of hydrogen-bond acceptors (Lipinski definition) is 9. The number of ether oxygens (including phenoxy) is 2. The maximum Gasteiger partial charge on any atom is 0.314 e. The van der Waals surface area contributed by atoms with E-state index in [2.05, 4.69) is 11.3 Å². The van der Waals surface area contributed by atoms with Crippen LogP contribution in [0.2, 0.25) is 0 Å². The lowest BCUT2D eigenvalue weighted by molar-refractivity contribution is -0.141. The third kappa shape index (κ3) is 12.7. The number of carbonyl (C=O) groups is 1. The van der Waals surface area contributed by atoms with E-state index in [-0.39, 0.29) is 41.5 Å². The molecule has 0 fully saturated rings. The zero-order valence-electron chi connectivity index (χ0n) is 14.6. The fraction of sp³-hybridized carbons (Fsp3) is 0.800. The van der Waals surface area contributed by atoms with Gasteiger partial charge in [-0.1, -0.05) is 13.5 Å². The van der Waals surface area contributed by atoms with Gasteiger partial charge < -0.3 is 19.7 Å². The molecule has 3 atom stereocenters. The van der Waals surface area contributed by atoms with Crippen molar-refractivity contribution < 1.29 is 32.9 Å². The first-order chi connectivity index (χ1) is 11.7. The molecule has 0 aliphatic rings. The van der Waals surface area contributed by atoms with Crippen LogP contribution < -0.4 is 0 Å². The Morgan fingerprint density at radius 3 is 2.32 bits per heavy atom. The number of esters is 1. The molecule has 0 radical (unpaired) electrons. The third-order valence-electron chi connectivity index (χ3n) is 3.13. The monoisotopic (exact) mass is 416 g/mol. The van der Waals surface area contributed by atoms with E-state index in [1.807, 2.05) is 0 Å². The van der Waals surface area contributed by atoms with Crippen LogP contribution in [-0.2, 0) is 24.1 Å². The average molecular weight is 417 g/mol. The van der Waals surface area contributed by atoms with Gasteiger partial charge in [-0.15, -0.1) is 0 Å². The number of rotatable bonds is 15. The largest absolute Gasteiger partial charge is 0.435 e. The molecular formula is C15H28O7S3. The SMILES string of the molecule is C=COC(=O)C(C)CSCC(O)C(O)CSCCS(=O)(=O)CCOC. The Kier molecular flexibility index (Phi) is 13.7. The van der Waals surface area contributed by atoms with Gasteiger partial charge in [0.2, 0.25) is 0 Å². The number of sulfone groups is 1. The highest BCUT2D eigenvalue weighted by molar-refractivity contribution is 8.00. The molecular weight excluding hydrogens is 388 g/mol. The summed E-state index contributed by atoms with van der Waals surface area (Å²) in [6.45, 7) is 5.19. The second kappa shape index (κ2) is 13.9. The standard InChI is InChI=1S/C15H28O7S3/c1-4-22-15(18)12(2)9-24-11-14(17)13(16)10-23-6-8-25(19,20)7-5-21-3/h4,12-14,16-17H,1,5-11H2,2-3H3. The normalized spacial score (nSPS) is 15.4. The molecule has 0 bridgehead atoms. The maximum absolute atomic E-state index is 11.6. The Balaban J connectivity index is 3.90. The van der Waals surface area contributed by atoms with E-state index in [0.717, 1.165) is 6.26 Å². The Labute approximate surface area is 158 Å². The molecule has 148 valence electrons. The molecule has 0 aromatic carbocycles. The molecule has 0 aromatic rings. The molecule has 10 heteroatoms. The second-order valence-electron chi connectivity index (χ2n) is 5.40. The molecule has 0 amide bonds. The number of thioether (sulfide) groups is 2. The summed E-state index contributed by atoms with van der Waals surface area (Å²) in [5, 5.41) is 19.8. The molecule has 0 rings (SSSR count). The van der Waals surface area contributed by atoms with Crippen molar-refractivity contribution in [2.24, 2.45) is 5.92 Å². The molecule has 0 aliphatic carbocycles. The van der Waals surface area contributed by atoms with Gasteiger partial charge in [-0.2, -0.15) is 23.5 Å². The summed E-state index contributed by atoms with van der Waals surface area (Å²) in [4.78, 5) is 11.4. The highest BCUT2D eigenvalue weighted by Crippen LogP contribution is 2.15. The quantitative estimate of drug-likeness (QED) is 0.225. The van der Waals surface area contributed by atoms with Crippen LogP contribution in [-0.4, -0.2) is 85.0 Å². The fourth-order valence-corrected chi connectivity index (χ4v) is 5.39. The molecule has 2 N–H and O–H groups in total. The molecule has 0 saturated heterocycles. The number of aliphatic hydroxyl groups excluding tert-OH is 2. The number of hydrogen-bond donors (Lipinski definition) is 2. The smallest absolute Gasteiger partial charge is 0.314 e. The van der Waals surface area contributed by atoms with Gasteiger partial charge in [-0.25, -0.2) is 8.42 Å². The van der Waals surface area contributed by atoms with Crippen molar-refractivity contribution >= 4 is 39.3 Å². The lowest BCUT2D eigenvalue weighted by Crippen LogP contribution is -2.31. The minimum absolute atomic E-state index is 0.0154. The van der Waals surface area contributed by atoms with Gasteiger partial charge in [-0.05, 0) is 0 Å².